The molecule has 5 atom stereocenters. The van der Waals surface area contributed by atoms with Gasteiger partial charge in [-0.15, -0.1) is 0 Å². The number of ether oxygens (including phenoxy) is 1. The van der Waals surface area contributed by atoms with Gasteiger partial charge in [0.2, 0.25) is 0 Å². The fraction of sp³-hybridized carbons (Fsp3) is 1.00. The lowest BCUT2D eigenvalue weighted by atomic mass is 10.1. The summed E-state index contributed by atoms with van der Waals surface area (Å²) < 4.78 is 5.82. The topological polar surface area (TPSA) is 73.2 Å². The molecule has 144 valence electrons. The molecule has 1 unspecified atom stereocenters. The van der Waals surface area contributed by atoms with Gasteiger partial charge in [-0.3, -0.25) is 4.90 Å². The first-order valence-electron chi connectivity index (χ1n) is 9.87. The molecular formula is C19H39NO4. The largest absolute Gasteiger partial charge is 0.391 e. The molecule has 0 aromatic carbocycles. The Morgan fingerprint density at radius 2 is 1.67 bits per heavy atom. The molecule has 0 aromatic heterocycles. The Morgan fingerprint density at radius 1 is 1.00 bits per heavy atom. The van der Waals surface area contributed by atoms with Gasteiger partial charge in [0.05, 0.1) is 31.0 Å². The van der Waals surface area contributed by atoms with Crippen LogP contribution in [0.15, 0.2) is 0 Å². The normalized spacial score (nSPS) is 28.6. The molecule has 0 amide bonds. The summed E-state index contributed by atoms with van der Waals surface area (Å²) in [4.78, 5) is 2.12. The summed E-state index contributed by atoms with van der Waals surface area (Å²) in [5, 5.41) is 30.5. The zero-order valence-electron chi connectivity index (χ0n) is 15.9. The molecule has 5 heteroatoms. The Balaban J connectivity index is 2.43. The zero-order valence-corrected chi connectivity index (χ0v) is 15.9. The van der Waals surface area contributed by atoms with Crippen molar-refractivity contribution in [1.29, 1.82) is 0 Å². The summed E-state index contributed by atoms with van der Waals surface area (Å²) in [6, 6.07) is -0.190. The summed E-state index contributed by atoms with van der Waals surface area (Å²) in [6.45, 7) is 5.43. The van der Waals surface area contributed by atoms with Gasteiger partial charge in [0, 0.05) is 6.42 Å². The lowest BCUT2D eigenvalue weighted by molar-refractivity contribution is -0.0834. The number of aliphatic hydroxyl groups excluding tert-OH is 3. The van der Waals surface area contributed by atoms with E-state index in [9.17, 15) is 15.3 Å². The second-order valence-corrected chi connectivity index (χ2v) is 7.35. The fourth-order valence-corrected chi connectivity index (χ4v) is 3.58. The Labute approximate surface area is 148 Å². The van der Waals surface area contributed by atoms with Crippen molar-refractivity contribution in [1.82, 2.24) is 4.90 Å². The van der Waals surface area contributed by atoms with E-state index in [0.29, 0.717) is 6.42 Å². The first-order valence-corrected chi connectivity index (χ1v) is 9.87. The van der Waals surface area contributed by atoms with Gasteiger partial charge in [0.15, 0.2) is 0 Å². The Morgan fingerprint density at radius 3 is 2.33 bits per heavy atom. The average Bonchev–Trinajstić information content (AvgIpc) is 2.84. The van der Waals surface area contributed by atoms with Crippen molar-refractivity contribution in [3.05, 3.63) is 0 Å². The third-order valence-corrected chi connectivity index (χ3v) is 5.09. The third-order valence-electron chi connectivity index (χ3n) is 5.09. The van der Waals surface area contributed by atoms with Gasteiger partial charge in [0.1, 0.15) is 6.10 Å². The monoisotopic (exact) mass is 345 g/mol. The Kier molecular flexibility index (Phi) is 11.1. The fourth-order valence-electron chi connectivity index (χ4n) is 3.58. The van der Waals surface area contributed by atoms with Gasteiger partial charge in [-0.2, -0.15) is 0 Å². The second kappa shape index (κ2) is 12.2. The highest BCUT2D eigenvalue weighted by molar-refractivity contribution is 4.98. The molecule has 0 spiro atoms. The zero-order chi connectivity index (χ0) is 17.9. The van der Waals surface area contributed by atoms with Crippen molar-refractivity contribution in [2.45, 2.75) is 102 Å². The van der Waals surface area contributed by atoms with Gasteiger partial charge in [0.25, 0.3) is 0 Å². The third kappa shape index (κ3) is 7.36. The minimum atomic E-state index is -0.661. The smallest absolute Gasteiger partial charge is 0.102 e. The van der Waals surface area contributed by atoms with Crippen LogP contribution in [-0.4, -0.2) is 70.9 Å². The number of rotatable bonds is 13. The second-order valence-electron chi connectivity index (χ2n) is 7.35. The highest BCUT2D eigenvalue weighted by Gasteiger charge is 2.44. The molecule has 0 bridgehead atoms. The summed E-state index contributed by atoms with van der Waals surface area (Å²) in [6.07, 6.45) is 7.01. The summed E-state index contributed by atoms with van der Waals surface area (Å²) in [5.41, 5.74) is 0. The van der Waals surface area contributed by atoms with E-state index in [1.807, 2.05) is 7.05 Å². The van der Waals surface area contributed by atoms with Crippen LogP contribution in [0.2, 0.25) is 0 Å². The predicted octanol–water partition coefficient (Wildman–Crippen LogP) is 2.32. The van der Waals surface area contributed by atoms with E-state index >= 15 is 0 Å². The summed E-state index contributed by atoms with van der Waals surface area (Å²) in [7, 11) is 2.00. The average molecular weight is 346 g/mol. The number of hydrogen-bond donors (Lipinski definition) is 3. The molecule has 0 aromatic rings. The molecule has 1 rings (SSSR count). The molecule has 1 aliphatic rings. The van der Waals surface area contributed by atoms with Crippen LogP contribution in [0.3, 0.4) is 0 Å². The van der Waals surface area contributed by atoms with Crippen molar-refractivity contribution in [3.8, 4) is 0 Å². The number of likely N-dealkylation sites (N-methyl/N-ethyl adjacent to an activating group) is 1. The van der Waals surface area contributed by atoms with Crippen LogP contribution in [0, 0.1) is 0 Å². The van der Waals surface area contributed by atoms with Crippen molar-refractivity contribution in [3.63, 3.8) is 0 Å². The molecule has 1 aliphatic carbocycles. The van der Waals surface area contributed by atoms with Crippen molar-refractivity contribution in [2.75, 3.05) is 20.2 Å². The van der Waals surface area contributed by atoms with Crippen molar-refractivity contribution < 1.29 is 20.1 Å². The molecule has 1 saturated carbocycles. The quantitative estimate of drug-likeness (QED) is 0.447. The maximum absolute atomic E-state index is 10.3. The van der Waals surface area contributed by atoms with Gasteiger partial charge in [-0.1, -0.05) is 52.4 Å². The van der Waals surface area contributed by atoms with Crippen LogP contribution in [0.1, 0.15) is 71.6 Å². The van der Waals surface area contributed by atoms with Crippen LogP contribution in [-0.2, 0) is 4.74 Å². The van der Waals surface area contributed by atoms with Gasteiger partial charge >= 0.3 is 0 Å². The lowest BCUT2D eigenvalue weighted by Gasteiger charge is -2.32. The van der Waals surface area contributed by atoms with Crippen LogP contribution < -0.4 is 0 Å². The van der Waals surface area contributed by atoms with Crippen LogP contribution in [0.5, 0.6) is 0 Å². The first-order chi connectivity index (χ1) is 11.5. The first kappa shape index (κ1) is 21.8. The van der Waals surface area contributed by atoms with E-state index in [-0.39, 0.29) is 12.6 Å². The van der Waals surface area contributed by atoms with E-state index in [4.69, 9.17) is 4.74 Å². The number of aliphatic hydroxyl groups is 3. The van der Waals surface area contributed by atoms with Crippen LogP contribution in [0.25, 0.3) is 0 Å². The summed E-state index contributed by atoms with van der Waals surface area (Å²) >= 11 is 0. The molecule has 0 radical (unpaired) electrons. The summed E-state index contributed by atoms with van der Waals surface area (Å²) in [5.74, 6) is 0. The molecule has 5 nitrogen and oxygen atoms in total. The van der Waals surface area contributed by atoms with Gasteiger partial charge in [-0.25, -0.2) is 0 Å². The minimum Gasteiger partial charge on any atom is -0.391 e. The van der Waals surface area contributed by atoms with Gasteiger partial charge in [-0.05, 0) is 26.4 Å². The molecule has 1 fully saturated rings. The number of nitrogens with zero attached hydrogens (tertiary/aromatic N) is 1. The van der Waals surface area contributed by atoms with Crippen molar-refractivity contribution >= 4 is 0 Å². The maximum Gasteiger partial charge on any atom is 0.102 e. The minimum absolute atomic E-state index is 0.190. The van der Waals surface area contributed by atoms with E-state index in [2.05, 4.69) is 18.7 Å². The molecule has 0 aliphatic heterocycles. The number of unbranched alkanes of at least 4 members (excludes halogenated alkanes) is 5. The predicted molar refractivity (Wildman–Crippen MR) is 97.1 cm³/mol. The van der Waals surface area contributed by atoms with E-state index < -0.39 is 24.4 Å². The standard InChI is InChI=1S/C19H39NO4/c1-4-6-8-9-10-12-20(3)18-16(22)13-17(23)19(18)24-14-15(21)11-7-5-2/h15-19,21-23H,4-14H2,1-3H3/t15?,16-,17+,18+,19+/m1/s1. The SMILES string of the molecule is CCCCCCCN(C)[C@@H]1[C@@H](OCC(O)CCCC)[C@@H](O)C[C@H]1O. The Bertz CT molecular complexity index is 316. The lowest BCUT2D eigenvalue weighted by Crippen LogP contribution is -2.48. The highest BCUT2D eigenvalue weighted by Crippen LogP contribution is 2.28. The van der Waals surface area contributed by atoms with Crippen molar-refractivity contribution in [2.24, 2.45) is 0 Å². The Hall–Kier alpha value is -0.200. The van der Waals surface area contributed by atoms with Crippen LogP contribution in [0.4, 0.5) is 0 Å². The van der Waals surface area contributed by atoms with E-state index in [1.54, 1.807) is 0 Å². The highest BCUT2D eigenvalue weighted by atomic mass is 16.5. The number of hydrogen-bond acceptors (Lipinski definition) is 5. The van der Waals surface area contributed by atoms with E-state index in [1.165, 1.54) is 25.7 Å². The molecular weight excluding hydrogens is 306 g/mol. The van der Waals surface area contributed by atoms with Crippen LogP contribution >= 0.6 is 0 Å². The molecule has 3 N–H and O–H groups in total. The maximum atomic E-state index is 10.3. The van der Waals surface area contributed by atoms with E-state index in [0.717, 1.165) is 32.2 Å². The molecule has 24 heavy (non-hydrogen) atoms. The molecule has 0 heterocycles. The molecule has 0 saturated heterocycles. The van der Waals surface area contributed by atoms with Gasteiger partial charge < -0.3 is 20.1 Å².